The molecule has 0 saturated heterocycles. The van der Waals surface area contributed by atoms with E-state index in [-0.39, 0.29) is 5.60 Å². The average molecular weight is 271 g/mol. The van der Waals surface area contributed by atoms with Crippen LogP contribution in [0.4, 0.5) is 0 Å². The van der Waals surface area contributed by atoms with Gasteiger partial charge in [0.2, 0.25) is 0 Å². The zero-order valence-electron chi connectivity index (χ0n) is 13.3. The van der Waals surface area contributed by atoms with Gasteiger partial charge in [0.1, 0.15) is 0 Å². The maximum Gasteiger partial charge on any atom is 0.0729 e. The average Bonchev–Trinajstić information content (AvgIpc) is 2.56. The lowest BCUT2D eigenvalue weighted by Crippen LogP contribution is -2.41. The molecule has 3 heteroatoms. The highest BCUT2D eigenvalue weighted by atomic mass is 16.5. The summed E-state index contributed by atoms with van der Waals surface area (Å²) in [7, 11) is 0. The third-order valence-electron chi connectivity index (χ3n) is 3.56. The fourth-order valence-corrected chi connectivity index (χ4v) is 2.58. The fourth-order valence-electron chi connectivity index (χ4n) is 2.58. The van der Waals surface area contributed by atoms with Crippen molar-refractivity contribution in [1.82, 2.24) is 5.32 Å². The zero-order valence-corrected chi connectivity index (χ0v) is 13.3. The van der Waals surface area contributed by atoms with Crippen LogP contribution in [0.2, 0.25) is 0 Å². The molecule has 0 bridgehead atoms. The monoisotopic (exact) mass is 271 g/mol. The van der Waals surface area contributed by atoms with Crippen molar-refractivity contribution in [2.45, 2.75) is 84.0 Å². The first-order valence-electron chi connectivity index (χ1n) is 8.02. The van der Waals surface area contributed by atoms with Gasteiger partial charge < -0.3 is 14.8 Å². The Morgan fingerprint density at radius 2 is 1.79 bits per heavy atom. The lowest BCUT2D eigenvalue weighted by molar-refractivity contribution is -0.0594. The molecular formula is C16H33NO2. The highest BCUT2D eigenvalue weighted by Gasteiger charge is 2.23. The van der Waals surface area contributed by atoms with Gasteiger partial charge in [0, 0.05) is 6.04 Å². The summed E-state index contributed by atoms with van der Waals surface area (Å²) in [5, 5.41) is 3.65. The zero-order chi connectivity index (χ0) is 14.1. The second kappa shape index (κ2) is 8.93. The third-order valence-corrected chi connectivity index (χ3v) is 3.56. The number of rotatable bonds is 7. The van der Waals surface area contributed by atoms with Crippen LogP contribution in [0.15, 0.2) is 0 Å². The molecule has 1 N–H and O–H groups in total. The van der Waals surface area contributed by atoms with Gasteiger partial charge in [-0.3, -0.25) is 0 Å². The Labute approximate surface area is 119 Å². The fraction of sp³-hybridized carbons (Fsp3) is 1.00. The van der Waals surface area contributed by atoms with Gasteiger partial charge in [0.05, 0.1) is 24.9 Å². The third kappa shape index (κ3) is 7.91. The summed E-state index contributed by atoms with van der Waals surface area (Å²) in [6, 6.07) is 0.539. The lowest BCUT2D eigenvalue weighted by atomic mass is 10.1. The Kier molecular flexibility index (Phi) is 7.96. The predicted molar refractivity (Wildman–Crippen MR) is 80.6 cm³/mol. The molecule has 3 nitrogen and oxygen atoms in total. The van der Waals surface area contributed by atoms with Gasteiger partial charge in [-0.25, -0.2) is 0 Å². The molecule has 19 heavy (non-hydrogen) atoms. The molecule has 0 radical (unpaired) electrons. The van der Waals surface area contributed by atoms with Crippen molar-refractivity contribution in [2.75, 3.05) is 19.8 Å². The summed E-state index contributed by atoms with van der Waals surface area (Å²) in [4.78, 5) is 0. The van der Waals surface area contributed by atoms with Crippen LogP contribution in [0.3, 0.4) is 0 Å². The van der Waals surface area contributed by atoms with Crippen LogP contribution >= 0.6 is 0 Å². The number of hydrogen-bond acceptors (Lipinski definition) is 3. The maximum atomic E-state index is 6.08. The minimum atomic E-state index is -0.0628. The summed E-state index contributed by atoms with van der Waals surface area (Å²) >= 11 is 0. The Morgan fingerprint density at radius 3 is 2.47 bits per heavy atom. The van der Waals surface area contributed by atoms with Crippen LogP contribution in [-0.2, 0) is 9.47 Å². The van der Waals surface area contributed by atoms with Gasteiger partial charge in [-0.2, -0.15) is 0 Å². The molecular weight excluding hydrogens is 238 g/mol. The van der Waals surface area contributed by atoms with Gasteiger partial charge >= 0.3 is 0 Å². The minimum Gasteiger partial charge on any atom is -0.374 e. The molecule has 1 saturated carbocycles. The van der Waals surface area contributed by atoms with E-state index in [2.05, 4.69) is 33.0 Å². The smallest absolute Gasteiger partial charge is 0.0729 e. The largest absolute Gasteiger partial charge is 0.374 e. The molecule has 0 amide bonds. The van der Waals surface area contributed by atoms with Crippen molar-refractivity contribution >= 4 is 0 Å². The van der Waals surface area contributed by atoms with E-state index in [1.165, 1.54) is 38.5 Å². The maximum absolute atomic E-state index is 6.08. The molecule has 0 aromatic rings. The Morgan fingerprint density at radius 1 is 1.05 bits per heavy atom. The van der Waals surface area contributed by atoms with Crippen molar-refractivity contribution < 1.29 is 9.47 Å². The molecule has 0 spiro atoms. The highest BCUT2D eigenvalue weighted by molar-refractivity contribution is 4.80. The normalized spacial score (nSPS) is 25.3. The summed E-state index contributed by atoms with van der Waals surface area (Å²) in [6.45, 7) is 11.0. The van der Waals surface area contributed by atoms with Crippen LogP contribution in [0, 0.1) is 0 Å². The first kappa shape index (κ1) is 16.9. The van der Waals surface area contributed by atoms with Crippen LogP contribution in [0.5, 0.6) is 0 Å². The Bertz CT molecular complexity index is 225. The lowest BCUT2D eigenvalue weighted by Gasteiger charge is -2.27. The van der Waals surface area contributed by atoms with E-state index in [0.717, 1.165) is 6.54 Å². The van der Waals surface area contributed by atoms with Crippen LogP contribution in [0.1, 0.15) is 66.2 Å². The van der Waals surface area contributed by atoms with Crippen molar-refractivity contribution in [3.63, 3.8) is 0 Å². The summed E-state index contributed by atoms with van der Waals surface area (Å²) in [5.74, 6) is 0. The van der Waals surface area contributed by atoms with E-state index < -0.39 is 0 Å². The quantitative estimate of drug-likeness (QED) is 0.568. The second-order valence-electron chi connectivity index (χ2n) is 6.57. The van der Waals surface area contributed by atoms with Gasteiger partial charge in [-0.1, -0.05) is 26.2 Å². The predicted octanol–water partition coefficient (Wildman–Crippen LogP) is 3.52. The first-order valence-corrected chi connectivity index (χ1v) is 8.02. The first-order chi connectivity index (χ1) is 9.03. The van der Waals surface area contributed by atoms with Crippen LogP contribution in [-0.4, -0.2) is 37.5 Å². The molecule has 0 aromatic carbocycles. The van der Waals surface area contributed by atoms with E-state index in [1.807, 2.05) is 0 Å². The van der Waals surface area contributed by atoms with Crippen LogP contribution in [0.25, 0.3) is 0 Å². The van der Waals surface area contributed by atoms with Gasteiger partial charge in [0.25, 0.3) is 0 Å². The molecule has 2 atom stereocenters. The molecule has 0 aromatic heterocycles. The van der Waals surface area contributed by atoms with Crippen molar-refractivity contribution in [1.29, 1.82) is 0 Å². The molecule has 0 heterocycles. The highest BCUT2D eigenvalue weighted by Crippen LogP contribution is 2.21. The SMILES string of the molecule is CCCNC1CCCCCC1OCCOC(C)(C)C. The van der Waals surface area contributed by atoms with Crippen molar-refractivity contribution in [2.24, 2.45) is 0 Å². The van der Waals surface area contributed by atoms with Crippen molar-refractivity contribution in [3.8, 4) is 0 Å². The second-order valence-corrected chi connectivity index (χ2v) is 6.57. The van der Waals surface area contributed by atoms with Crippen LogP contribution < -0.4 is 5.32 Å². The van der Waals surface area contributed by atoms with E-state index >= 15 is 0 Å². The number of ether oxygens (including phenoxy) is 2. The van der Waals surface area contributed by atoms with Gasteiger partial charge in [0.15, 0.2) is 0 Å². The standard InChI is InChI=1S/C16H33NO2/c1-5-11-17-14-9-7-6-8-10-15(14)18-12-13-19-16(2,3)4/h14-15,17H,5-13H2,1-4H3. The Hall–Kier alpha value is -0.120. The molecule has 1 aliphatic rings. The molecule has 1 aliphatic carbocycles. The molecule has 0 aliphatic heterocycles. The molecule has 1 rings (SSSR count). The molecule has 2 unspecified atom stereocenters. The molecule has 1 fully saturated rings. The van der Waals surface area contributed by atoms with E-state index in [4.69, 9.17) is 9.47 Å². The Balaban J connectivity index is 2.29. The van der Waals surface area contributed by atoms with E-state index in [9.17, 15) is 0 Å². The topological polar surface area (TPSA) is 30.5 Å². The summed E-state index contributed by atoms with van der Waals surface area (Å²) in [5.41, 5.74) is -0.0628. The van der Waals surface area contributed by atoms with Gasteiger partial charge in [-0.15, -0.1) is 0 Å². The number of hydrogen-bond donors (Lipinski definition) is 1. The van der Waals surface area contributed by atoms with Crippen molar-refractivity contribution in [3.05, 3.63) is 0 Å². The van der Waals surface area contributed by atoms with E-state index in [1.54, 1.807) is 0 Å². The van der Waals surface area contributed by atoms with Gasteiger partial charge in [-0.05, 0) is 46.6 Å². The summed E-state index contributed by atoms with van der Waals surface area (Å²) in [6.07, 6.45) is 7.99. The van der Waals surface area contributed by atoms with E-state index in [0.29, 0.717) is 25.4 Å². The molecule has 114 valence electrons. The number of nitrogens with one attached hydrogen (secondary N) is 1. The minimum absolute atomic E-state index is 0.0628. The summed E-state index contributed by atoms with van der Waals surface area (Å²) < 4.78 is 11.8.